The van der Waals surface area contributed by atoms with Gasteiger partial charge in [-0.3, -0.25) is 9.59 Å². The van der Waals surface area contributed by atoms with Crippen LogP contribution in [0, 0.1) is 12.8 Å². The van der Waals surface area contributed by atoms with Crippen LogP contribution in [0.2, 0.25) is 0 Å². The summed E-state index contributed by atoms with van der Waals surface area (Å²) in [6.07, 6.45) is 1.93. The number of benzene rings is 1. The summed E-state index contributed by atoms with van der Waals surface area (Å²) >= 11 is 0. The van der Waals surface area contributed by atoms with Gasteiger partial charge in [-0.1, -0.05) is 17.7 Å². The van der Waals surface area contributed by atoms with Crippen molar-refractivity contribution in [1.29, 1.82) is 0 Å². The summed E-state index contributed by atoms with van der Waals surface area (Å²) in [5.74, 6) is -1.19. The molecule has 1 amide bonds. The van der Waals surface area contributed by atoms with Crippen LogP contribution < -0.4 is 5.32 Å². The van der Waals surface area contributed by atoms with Crippen molar-refractivity contribution in [3.8, 4) is 0 Å². The van der Waals surface area contributed by atoms with Crippen LogP contribution in [0.3, 0.4) is 0 Å². The van der Waals surface area contributed by atoms with Crippen molar-refractivity contribution in [3.05, 3.63) is 35.4 Å². The first-order valence-corrected chi connectivity index (χ1v) is 6.16. The molecule has 1 fully saturated rings. The zero-order chi connectivity index (χ0) is 13.1. The van der Waals surface area contributed by atoms with E-state index in [1.54, 1.807) is 12.1 Å². The molecule has 1 aliphatic rings. The van der Waals surface area contributed by atoms with Gasteiger partial charge in [-0.15, -0.1) is 0 Å². The van der Waals surface area contributed by atoms with E-state index >= 15 is 0 Å². The van der Waals surface area contributed by atoms with Gasteiger partial charge < -0.3 is 10.4 Å². The molecule has 1 saturated carbocycles. The summed E-state index contributed by atoms with van der Waals surface area (Å²) in [5, 5.41) is 11.8. The molecule has 0 aromatic heterocycles. The average Bonchev–Trinajstić information content (AvgIpc) is 2.78. The fourth-order valence-corrected chi connectivity index (χ4v) is 2.31. The van der Waals surface area contributed by atoms with Crippen LogP contribution in [-0.4, -0.2) is 23.0 Å². The van der Waals surface area contributed by atoms with Gasteiger partial charge in [-0.25, -0.2) is 0 Å². The number of rotatable bonds is 3. The largest absolute Gasteiger partial charge is 0.481 e. The second kappa shape index (κ2) is 5.21. The quantitative estimate of drug-likeness (QED) is 0.858. The molecule has 4 heteroatoms. The topological polar surface area (TPSA) is 66.4 Å². The van der Waals surface area contributed by atoms with Crippen molar-refractivity contribution in [3.63, 3.8) is 0 Å². The van der Waals surface area contributed by atoms with E-state index in [4.69, 9.17) is 5.11 Å². The molecule has 0 unspecified atom stereocenters. The molecule has 1 aliphatic carbocycles. The molecule has 0 spiro atoms. The Balaban J connectivity index is 1.92. The molecule has 0 radical (unpaired) electrons. The summed E-state index contributed by atoms with van der Waals surface area (Å²) < 4.78 is 0. The average molecular weight is 247 g/mol. The standard InChI is InChI=1S/C14H17NO3/c1-9-2-4-10(5-3-9)13(16)15-12-7-6-11(8-12)14(17)18/h2-5,11-12H,6-8H2,1H3,(H,15,16)(H,17,18)/t11-,12+/m1/s1. The molecule has 2 N–H and O–H groups in total. The van der Waals surface area contributed by atoms with Gasteiger partial charge in [-0.2, -0.15) is 0 Å². The van der Waals surface area contributed by atoms with Gasteiger partial charge >= 0.3 is 5.97 Å². The second-order valence-corrected chi connectivity index (χ2v) is 4.88. The third kappa shape index (κ3) is 2.88. The zero-order valence-corrected chi connectivity index (χ0v) is 10.3. The molecule has 0 saturated heterocycles. The molecule has 18 heavy (non-hydrogen) atoms. The molecule has 0 heterocycles. The van der Waals surface area contributed by atoms with Crippen molar-refractivity contribution < 1.29 is 14.7 Å². The Bertz CT molecular complexity index is 453. The maximum atomic E-state index is 11.9. The van der Waals surface area contributed by atoms with E-state index in [1.165, 1.54) is 0 Å². The number of carboxylic acids is 1. The number of nitrogens with one attached hydrogen (secondary N) is 1. The van der Waals surface area contributed by atoms with Crippen LogP contribution >= 0.6 is 0 Å². The van der Waals surface area contributed by atoms with Gasteiger partial charge in [0.05, 0.1) is 5.92 Å². The zero-order valence-electron chi connectivity index (χ0n) is 10.3. The molecule has 4 nitrogen and oxygen atoms in total. The summed E-state index contributed by atoms with van der Waals surface area (Å²) in [6, 6.07) is 7.34. The van der Waals surface area contributed by atoms with Crippen LogP contribution in [0.1, 0.15) is 35.2 Å². The Hall–Kier alpha value is -1.84. The molecule has 2 atom stereocenters. The minimum Gasteiger partial charge on any atom is -0.481 e. The maximum absolute atomic E-state index is 11.9. The summed E-state index contributed by atoms with van der Waals surface area (Å²) in [7, 11) is 0. The Morgan fingerprint density at radius 2 is 1.89 bits per heavy atom. The van der Waals surface area contributed by atoms with Crippen LogP contribution in [-0.2, 0) is 4.79 Å². The van der Waals surface area contributed by atoms with Gasteiger partial charge in [0.15, 0.2) is 0 Å². The van der Waals surface area contributed by atoms with Gasteiger partial charge in [-0.05, 0) is 38.3 Å². The SMILES string of the molecule is Cc1ccc(C(=O)N[C@H]2CC[C@@H](C(=O)O)C2)cc1. The molecule has 1 aromatic carbocycles. The second-order valence-electron chi connectivity index (χ2n) is 4.88. The van der Waals surface area contributed by atoms with Crippen LogP contribution in [0.25, 0.3) is 0 Å². The van der Waals surface area contributed by atoms with Crippen molar-refractivity contribution in [2.24, 2.45) is 5.92 Å². The number of hydrogen-bond donors (Lipinski definition) is 2. The number of carbonyl (C=O) groups excluding carboxylic acids is 1. The first kappa shape index (κ1) is 12.6. The molecule has 1 aromatic rings. The molecule has 96 valence electrons. The monoisotopic (exact) mass is 247 g/mol. The highest BCUT2D eigenvalue weighted by molar-refractivity contribution is 5.94. The van der Waals surface area contributed by atoms with Crippen molar-refractivity contribution in [1.82, 2.24) is 5.32 Å². The fraction of sp³-hybridized carbons (Fsp3) is 0.429. The van der Waals surface area contributed by atoms with E-state index < -0.39 is 5.97 Å². The Morgan fingerprint density at radius 3 is 2.44 bits per heavy atom. The van der Waals surface area contributed by atoms with Crippen LogP contribution in [0.15, 0.2) is 24.3 Å². The number of hydrogen-bond acceptors (Lipinski definition) is 2. The van der Waals surface area contributed by atoms with E-state index in [1.807, 2.05) is 19.1 Å². The van der Waals surface area contributed by atoms with E-state index in [0.717, 1.165) is 12.0 Å². The highest BCUT2D eigenvalue weighted by Crippen LogP contribution is 2.25. The fourth-order valence-electron chi connectivity index (χ4n) is 2.31. The Kier molecular flexibility index (Phi) is 3.65. The molecule has 2 rings (SSSR count). The normalized spacial score (nSPS) is 22.7. The van der Waals surface area contributed by atoms with E-state index in [9.17, 15) is 9.59 Å². The minimum atomic E-state index is -0.762. The third-order valence-corrected chi connectivity index (χ3v) is 3.43. The summed E-state index contributed by atoms with van der Waals surface area (Å²) in [5.41, 5.74) is 1.73. The first-order chi connectivity index (χ1) is 8.56. The molecular weight excluding hydrogens is 230 g/mol. The lowest BCUT2D eigenvalue weighted by Crippen LogP contribution is -2.33. The highest BCUT2D eigenvalue weighted by Gasteiger charge is 2.30. The van der Waals surface area contributed by atoms with E-state index in [-0.39, 0.29) is 17.9 Å². The smallest absolute Gasteiger partial charge is 0.306 e. The van der Waals surface area contributed by atoms with Crippen molar-refractivity contribution in [2.45, 2.75) is 32.2 Å². The van der Waals surface area contributed by atoms with Gasteiger partial charge in [0.2, 0.25) is 0 Å². The summed E-state index contributed by atoms with van der Waals surface area (Å²) in [6.45, 7) is 1.97. The first-order valence-electron chi connectivity index (χ1n) is 6.16. The lowest BCUT2D eigenvalue weighted by Gasteiger charge is -2.12. The molecule has 0 aliphatic heterocycles. The number of aryl methyl sites for hydroxylation is 1. The predicted molar refractivity (Wildman–Crippen MR) is 67.4 cm³/mol. The van der Waals surface area contributed by atoms with E-state index in [2.05, 4.69) is 5.32 Å². The van der Waals surface area contributed by atoms with Crippen LogP contribution in [0.4, 0.5) is 0 Å². The predicted octanol–water partition coefficient (Wildman–Crippen LogP) is 1.98. The van der Waals surface area contributed by atoms with Gasteiger partial charge in [0.25, 0.3) is 5.91 Å². The minimum absolute atomic E-state index is 0.0140. The lowest BCUT2D eigenvalue weighted by atomic mass is 10.1. The van der Waals surface area contributed by atoms with Crippen molar-refractivity contribution >= 4 is 11.9 Å². The lowest BCUT2D eigenvalue weighted by molar-refractivity contribution is -0.141. The number of carboxylic acid groups (broad SMARTS) is 1. The van der Waals surface area contributed by atoms with Crippen LogP contribution in [0.5, 0.6) is 0 Å². The molecule has 0 bridgehead atoms. The Labute approximate surface area is 106 Å². The number of carbonyl (C=O) groups is 2. The van der Waals surface area contributed by atoms with Gasteiger partial charge in [0.1, 0.15) is 0 Å². The number of aliphatic carboxylic acids is 1. The van der Waals surface area contributed by atoms with Gasteiger partial charge in [0, 0.05) is 11.6 Å². The highest BCUT2D eigenvalue weighted by atomic mass is 16.4. The maximum Gasteiger partial charge on any atom is 0.306 e. The molecular formula is C14H17NO3. The number of amides is 1. The third-order valence-electron chi connectivity index (χ3n) is 3.43. The Morgan fingerprint density at radius 1 is 1.22 bits per heavy atom. The van der Waals surface area contributed by atoms with Crippen molar-refractivity contribution in [2.75, 3.05) is 0 Å². The summed E-state index contributed by atoms with van der Waals surface area (Å²) in [4.78, 5) is 22.8. The van der Waals surface area contributed by atoms with E-state index in [0.29, 0.717) is 18.4 Å².